The van der Waals surface area contributed by atoms with Gasteiger partial charge in [-0.15, -0.1) is 0 Å². The summed E-state index contributed by atoms with van der Waals surface area (Å²) in [4.78, 5) is 0. The van der Waals surface area contributed by atoms with Gasteiger partial charge in [0.1, 0.15) is 0 Å². The summed E-state index contributed by atoms with van der Waals surface area (Å²) in [7, 11) is 0. The number of likely N-dealkylation sites (N-methyl/N-ethyl adjacent to an activating group) is 1. The first-order chi connectivity index (χ1) is 8.83. The smallest absolute Gasteiger partial charge is 0.0516 e. The molecule has 2 atom stereocenters. The Morgan fingerprint density at radius 1 is 0.889 bits per heavy atom. The minimum absolute atomic E-state index is 0.0338. The van der Waals surface area contributed by atoms with Gasteiger partial charge in [-0.25, -0.2) is 0 Å². The maximum atomic E-state index is 6.39. The summed E-state index contributed by atoms with van der Waals surface area (Å²) >= 11 is 0. The lowest BCUT2D eigenvalue weighted by Gasteiger charge is -2.25. The predicted octanol–water partition coefficient (Wildman–Crippen LogP) is 3.04. The molecule has 2 rings (SSSR count). The van der Waals surface area contributed by atoms with Crippen molar-refractivity contribution >= 4 is 0 Å². The molecule has 0 spiro atoms. The zero-order valence-electron chi connectivity index (χ0n) is 10.7. The monoisotopic (exact) mass is 240 g/mol. The fourth-order valence-corrected chi connectivity index (χ4v) is 2.20. The van der Waals surface area contributed by atoms with Crippen molar-refractivity contribution in [3.63, 3.8) is 0 Å². The molecular weight excluding hydrogens is 220 g/mol. The van der Waals surface area contributed by atoms with E-state index in [1.807, 2.05) is 24.3 Å². The Morgan fingerprint density at radius 3 is 1.89 bits per heavy atom. The summed E-state index contributed by atoms with van der Waals surface area (Å²) in [6, 6.07) is 20.7. The second-order valence-corrected chi connectivity index (χ2v) is 4.38. The van der Waals surface area contributed by atoms with E-state index in [1.165, 1.54) is 5.56 Å². The molecule has 0 aliphatic carbocycles. The number of benzene rings is 2. The third-order valence-electron chi connectivity index (χ3n) is 3.13. The molecule has 0 aliphatic heterocycles. The fourth-order valence-electron chi connectivity index (χ4n) is 2.20. The van der Waals surface area contributed by atoms with Crippen molar-refractivity contribution in [3.8, 4) is 0 Å². The van der Waals surface area contributed by atoms with Crippen molar-refractivity contribution in [1.82, 2.24) is 5.32 Å². The van der Waals surface area contributed by atoms with Crippen LogP contribution in [0.3, 0.4) is 0 Å². The van der Waals surface area contributed by atoms with Crippen LogP contribution in [0.2, 0.25) is 0 Å². The van der Waals surface area contributed by atoms with E-state index < -0.39 is 0 Å². The van der Waals surface area contributed by atoms with Crippen molar-refractivity contribution in [2.45, 2.75) is 19.0 Å². The standard InChI is InChI=1S/C16H20N2/c1-2-18-16(14-11-7-4-8-12-14)15(17)13-9-5-3-6-10-13/h3-12,15-16,18H,2,17H2,1H3/t15-,16-/m1/s1. The topological polar surface area (TPSA) is 38.0 Å². The van der Waals surface area contributed by atoms with Gasteiger partial charge >= 0.3 is 0 Å². The molecule has 0 aromatic heterocycles. The quantitative estimate of drug-likeness (QED) is 0.843. The Bertz CT molecular complexity index is 453. The molecule has 2 aromatic carbocycles. The van der Waals surface area contributed by atoms with Crippen molar-refractivity contribution in [3.05, 3.63) is 71.8 Å². The maximum absolute atomic E-state index is 6.39. The third-order valence-corrected chi connectivity index (χ3v) is 3.13. The lowest BCUT2D eigenvalue weighted by molar-refractivity contribution is 0.465. The van der Waals surface area contributed by atoms with Crippen molar-refractivity contribution < 1.29 is 0 Å². The lowest BCUT2D eigenvalue weighted by atomic mass is 9.94. The number of hydrogen-bond acceptors (Lipinski definition) is 2. The van der Waals surface area contributed by atoms with Gasteiger partial charge in [0.2, 0.25) is 0 Å². The van der Waals surface area contributed by atoms with E-state index in [0.717, 1.165) is 12.1 Å². The minimum Gasteiger partial charge on any atom is -0.322 e. The molecule has 18 heavy (non-hydrogen) atoms. The van der Waals surface area contributed by atoms with Gasteiger partial charge in [-0.3, -0.25) is 0 Å². The average molecular weight is 240 g/mol. The van der Waals surface area contributed by atoms with E-state index >= 15 is 0 Å². The predicted molar refractivity (Wildman–Crippen MR) is 76.2 cm³/mol. The molecule has 0 saturated heterocycles. The summed E-state index contributed by atoms with van der Waals surface area (Å²) in [6.07, 6.45) is 0. The highest BCUT2D eigenvalue weighted by Crippen LogP contribution is 2.26. The number of rotatable bonds is 5. The second kappa shape index (κ2) is 6.34. The van der Waals surface area contributed by atoms with Crippen LogP contribution in [0.15, 0.2) is 60.7 Å². The molecule has 0 bridgehead atoms. The summed E-state index contributed by atoms with van der Waals surface area (Å²) in [6.45, 7) is 3.01. The van der Waals surface area contributed by atoms with Gasteiger partial charge in [0, 0.05) is 6.04 Å². The molecule has 0 unspecified atom stereocenters. The molecule has 2 heteroatoms. The summed E-state index contributed by atoms with van der Waals surface area (Å²) in [5.41, 5.74) is 8.79. The Balaban J connectivity index is 2.26. The molecule has 0 aliphatic rings. The SMILES string of the molecule is CCN[C@H](c1ccccc1)[C@H](N)c1ccccc1. The highest BCUT2D eigenvalue weighted by atomic mass is 14.9. The van der Waals surface area contributed by atoms with E-state index in [0.29, 0.717) is 0 Å². The number of nitrogens with one attached hydrogen (secondary N) is 1. The van der Waals surface area contributed by atoms with E-state index in [2.05, 4.69) is 48.6 Å². The van der Waals surface area contributed by atoms with Crippen LogP contribution in [0.5, 0.6) is 0 Å². The van der Waals surface area contributed by atoms with Crippen LogP contribution < -0.4 is 11.1 Å². The van der Waals surface area contributed by atoms with Gasteiger partial charge in [-0.2, -0.15) is 0 Å². The van der Waals surface area contributed by atoms with Gasteiger partial charge in [0.05, 0.1) is 6.04 Å². The van der Waals surface area contributed by atoms with Gasteiger partial charge in [0.15, 0.2) is 0 Å². The average Bonchev–Trinajstić information content (AvgIpc) is 2.46. The van der Waals surface area contributed by atoms with Crippen molar-refractivity contribution in [2.24, 2.45) is 5.73 Å². The molecule has 94 valence electrons. The van der Waals surface area contributed by atoms with Crippen LogP contribution in [-0.4, -0.2) is 6.54 Å². The number of nitrogens with two attached hydrogens (primary N) is 1. The highest BCUT2D eigenvalue weighted by Gasteiger charge is 2.19. The highest BCUT2D eigenvalue weighted by molar-refractivity contribution is 5.27. The van der Waals surface area contributed by atoms with Crippen LogP contribution in [0, 0.1) is 0 Å². The Kier molecular flexibility index (Phi) is 4.51. The summed E-state index contributed by atoms with van der Waals surface area (Å²) < 4.78 is 0. The molecule has 2 nitrogen and oxygen atoms in total. The maximum Gasteiger partial charge on any atom is 0.0516 e. The number of hydrogen-bond donors (Lipinski definition) is 2. The van der Waals surface area contributed by atoms with E-state index in [4.69, 9.17) is 5.73 Å². The van der Waals surface area contributed by atoms with E-state index in [-0.39, 0.29) is 12.1 Å². The van der Waals surface area contributed by atoms with Crippen LogP contribution in [0.1, 0.15) is 30.1 Å². The molecule has 0 fully saturated rings. The largest absolute Gasteiger partial charge is 0.322 e. The first-order valence-electron chi connectivity index (χ1n) is 6.41. The van der Waals surface area contributed by atoms with Gasteiger partial charge in [-0.1, -0.05) is 67.6 Å². The first-order valence-corrected chi connectivity index (χ1v) is 6.41. The Morgan fingerprint density at radius 2 is 1.39 bits per heavy atom. The van der Waals surface area contributed by atoms with E-state index in [9.17, 15) is 0 Å². The van der Waals surface area contributed by atoms with Gasteiger partial charge < -0.3 is 11.1 Å². The van der Waals surface area contributed by atoms with Crippen molar-refractivity contribution in [1.29, 1.82) is 0 Å². The van der Waals surface area contributed by atoms with Crippen LogP contribution in [0.25, 0.3) is 0 Å². The Labute approximate surface area is 109 Å². The Hall–Kier alpha value is -1.64. The molecular formula is C16H20N2. The lowest BCUT2D eigenvalue weighted by Crippen LogP contribution is -2.31. The summed E-state index contributed by atoms with van der Waals surface area (Å²) in [5.74, 6) is 0. The molecule has 0 heterocycles. The zero-order chi connectivity index (χ0) is 12.8. The fraction of sp³-hybridized carbons (Fsp3) is 0.250. The first kappa shape index (κ1) is 12.8. The van der Waals surface area contributed by atoms with Gasteiger partial charge in [0.25, 0.3) is 0 Å². The minimum atomic E-state index is -0.0338. The van der Waals surface area contributed by atoms with Crippen molar-refractivity contribution in [2.75, 3.05) is 6.54 Å². The molecule has 0 amide bonds. The van der Waals surface area contributed by atoms with Gasteiger partial charge in [-0.05, 0) is 17.7 Å². The normalized spacial score (nSPS) is 14.1. The third kappa shape index (κ3) is 2.97. The molecule has 3 N–H and O–H groups in total. The molecule has 2 aromatic rings. The summed E-state index contributed by atoms with van der Waals surface area (Å²) in [5, 5.41) is 3.47. The van der Waals surface area contributed by atoms with Crippen LogP contribution >= 0.6 is 0 Å². The second-order valence-electron chi connectivity index (χ2n) is 4.38. The van der Waals surface area contributed by atoms with E-state index in [1.54, 1.807) is 0 Å². The molecule has 0 radical (unpaired) electrons. The van der Waals surface area contributed by atoms with Crippen LogP contribution in [0.4, 0.5) is 0 Å². The molecule has 0 saturated carbocycles. The van der Waals surface area contributed by atoms with Crippen LogP contribution in [-0.2, 0) is 0 Å². The zero-order valence-corrected chi connectivity index (χ0v) is 10.7.